The van der Waals surface area contributed by atoms with Crippen LogP contribution >= 0.6 is 11.6 Å². The van der Waals surface area contributed by atoms with Crippen molar-refractivity contribution in [1.82, 2.24) is 0 Å². The first kappa shape index (κ1) is 33.3. The van der Waals surface area contributed by atoms with E-state index in [1.807, 2.05) is 65.8 Å². The number of rotatable bonds is 7. The standard InChI is InChI=1S/C34H39ClN2O6S2/c1-7-36-28-16-14-24(44(38,39)40)20-26(28)33(3,4)30(36)18-12-22-10-9-11-23(32(22)35)13-19-31-34(5,6)27-21-25(45(41,42)43)15-17-29(27)37(31)8-2/h12-21H,7-11H2,1-6H3,(H-,38,39,40,41,42,43)/p-1. The molecule has 0 bridgehead atoms. The second-order valence-corrected chi connectivity index (χ2v) is 15.8. The molecule has 3 aliphatic rings. The SMILES string of the molecule is CCN1/C(=C/C=C2\CCCC(/C=C/C3=[N+](CC)c4ccc(S(=O)(=O)[O-])cc4C3(C)C)=C2Cl)C(C)(C)c2cc(S(=O)(=O)[O-])ccc21. The molecule has 0 aromatic heterocycles. The van der Waals surface area contributed by atoms with Crippen molar-refractivity contribution in [3.8, 4) is 0 Å². The molecule has 0 unspecified atom stereocenters. The molecule has 2 heterocycles. The third kappa shape index (κ3) is 5.87. The van der Waals surface area contributed by atoms with E-state index in [0.717, 1.165) is 64.3 Å². The Morgan fingerprint density at radius 1 is 0.867 bits per heavy atom. The van der Waals surface area contributed by atoms with Gasteiger partial charge in [-0.1, -0.05) is 37.6 Å². The fourth-order valence-corrected chi connectivity index (χ4v) is 8.18. The van der Waals surface area contributed by atoms with Crippen molar-refractivity contribution >= 4 is 48.9 Å². The molecule has 0 amide bonds. The molecule has 5 rings (SSSR count). The first-order valence-electron chi connectivity index (χ1n) is 15.0. The quantitative estimate of drug-likeness (QED) is 0.236. The first-order valence-corrected chi connectivity index (χ1v) is 18.2. The zero-order chi connectivity index (χ0) is 33.1. The highest BCUT2D eigenvalue weighted by Crippen LogP contribution is 2.48. The Labute approximate surface area is 271 Å². The number of hydrogen-bond acceptors (Lipinski definition) is 7. The van der Waals surface area contributed by atoms with E-state index >= 15 is 0 Å². The average Bonchev–Trinajstić information content (AvgIpc) is 3.32. The fourth-order valence-electron chi connectivity index (χ4n) is 6.87. The number of hydrogen-bond donors (Lipinski definition) is 0. The van der Waals surface area contributed by atoms with Crippen molar-refractivity contribution in [3.05, 3.63) is 93.7 Å². The van der Waals surface area contributed by atoms with Crippen LogP contribution in [0.5, 0.6) is 0 Å². The molecule has 0 spiro atoms. The summed E-state index contributed by atoms with van der Waals surface area (Å²) in [5, 5.41) is 0.683. The Morgan fingerprint density at radius 3 is 2.09 bits per heavy atom. The van der Waals surface area contributed by atoms with Gasteiger partial charge in [0.25, 0.3) is 0 Å². The number of likely N-dealkylation sites (N-methyl/N-ethyl adjacent to an activating group) is 1. The van der Waals surface area contributed by atoms with Gasteiger partial charge in [-0.15, -0.1) is 0 Å². The summed E-state index contributed by atoms with van der Waals surface area (Å²) in [6.45, 7) is 13.5. The first-order chi connectivity index (χ1) is 20.9. The maximum absolute atomic E-state index is 11.7. The molecule has 45 heavy (non-hydrogen) atoms. The van der Waals surface area contributed by atoms with Gasteiger partial charge in [0.05, 0.1) is 15.2 Å². The smallest absolute Gasteiger partial charge is 0.209 e. The minimum absolute atomic E-state index is 0.233. The molecule has 1 aliphatic carbocycles. The van der Waals surface area contributed by atoms with Gasteiger partial charge in [-0.2, -0.15) is 4.58 Å². The second kappa shape index (κ2) is 11.7. The van der Waals surface area contributed by atoms with E-state index in [1.165, 1.54) is 24.3 Å². The summed E-state index contributed by atoms with van der Waals surface area (Å²) in [6.07, 6.45) is 10.7. The number of anilines is 1. The van der Waals surface area contributed by atoms with Gasteiger partial charge < -0.3 is 14.0 Å². The maximum Gasteiger partial charge on any atom is 0.209 e. The zero-order valence-electron chi connectivity index (χ0n) is 26.3. The monoisotopic (exact) mass is 669 g/mol. The van der Waals surface area contributed by atoms with Crippen LogP contribution in [0.25, 0.3) is 0 Å². The van der Waals surface area contributed by atoms with E-state index in [0.29, 0.717) is 18.1 Å². The molecule has 0 radical (unpaired) electrons. The van der Waals surface area contributed by atoms with Crippen LogP contribution in [0, 0.1) is 0 Å². The topological polar surface area (TPSA) is 121 Å². The molecule has 0 fully saturated rings. The van der Waals surface area contributed by atoms with Crippen molar-refractivity contribution in [1.29, 1.82) is 0 Å². The van der Waals surface area contributed by atoms with Crippen molar-refractivity contribution in [2.75, 3.05) is 18.0 Å². The zero-order valence-corrected chi connectivity index (χ0v) is 28.7. The molecule has 11 heteroatoms. The number of allylic oxidation sites excluding steroid dienone is 8. The van der Waals surface area contributed by atoms with Crippen LogP contribution in [0.15, 0.2) is 92.4 Å². The van der Waals surface area contributed by atoms with Crippen molar-refractivity contribution in [2.24, 2.45) is 0 Å². The Morgan fingerprint density at radius 2 is 1.49 bits per heavy atom. The van der Waals surface area contributed by atoms with Gasteiger partial charge in [-0.25, -0.2) is 16.8 Å². The molecule has 2 aromatic carbocycles. The van der Waals surface area contributed by atoms with Crippen molar-refractivity contribution < 1.29 is 30.5 Å². The van der Waals surface area contributed by atoms with E-state index in [9.17, 15) is 25.9 Å². The highest BCUT2D eigenvalue weighted by molar-refractivity contribution is 7.86. The Kier molecular flexibility index (Phi) is 8.63. The summed E-state index contributed by atoms with van der Waals surface area (Å²) in [5.74, 6) is 0. The number of halogens is 1. The third-order valence-corrected chi connectivity index (χ3v) is 11.4. The molecular formula is C34H38ClN2O6S2-. The van der Waals surface area contributed by atoms with E-state index < -0.39 is 31.1 Å². The summed E-state index contributed by atoms with van der Waals surface area (Å²) in [6, 6.07) is 9.13. The summed E-state index contributed by atoms with van der Waals surface area (Å²) in [4.78, 5) is 1.67. The van der Waals surface area contributed by atoms with Crippen molar-refractivity contribution in [3.63, 3.8) is 0 Å². The normalized spacial score (nSPS) is 21.4. The summed E-state index contributed by atoms with van der Waals surface area (Å²) in [5.41, 5.74) is 6.23. The molecule has 8 nitrogen and oxygen atoms in total. The minimum Gasteiger partial charge on any atom is -0.744 e. The Hall–Kier alpha value is -3.02. The highest BCUT2D eigenvalue weighted by atomic mass is 35.5. The van der Waals surface area contributed by atoms with E-state index in [4.69, 9.17) is 11.6 Å². The van der Waals surface area contributed by atoms with Crippen LogP contribution in [0.3, 0.4) is 0 Å². The lowest BCUT2D eigenvalue weighted by Crippen LogP contribution is -2.27. The van der Waals surface area contributed by atoms with Crippen LogP contribution in [-0.2, 0) is 31.1 Å². The highest BCUT2D eigenvalue weighted by Gasteiger charge is 2.44. The molecule has 0 atom stereocenters. The van der Waals surface area contributed by atoms with E-state index in [-0.39, 0.29) is 9.79 Å². The molecule has 240 valence electrons. The minimum atomic E-state index is -4.58. The predicted molar refractivity (Wildman–Crippen MR) is 175 cm³/mol. The molecular weight excluding hydrogens is 632 g/mol. The van der Waals surface area contributed by atoms with Gasteiger partial charge in [-0.05, 0) is 100 Å². The third-order valence-electron chi connectivity index (χ3n) is 9.28. The van der Waals surface area contributed by atoms with Crippen LogP contribution in [0.2, 0.25) is 0 Å². The summed E-state index contributed by atoms with van der Waals surface area (Å²) in [7, 11) is -9.16. The van der Waals surface area contributed by atoms with Crippen LogP contribution in [0.1, 0.15) is 71.9 Å². The van der Waals surface area contributed by atoms with Crippen LogP contribution in [-0.4, -0.2) is 49.3 Å². The predicted octanol–water partition coefficient (Wildman–Crippen LogP) is 6.75. The average molecular weight is 670 g/mol. The van der Waals surface area contributed by atoms with Gasteiger partial charge in [0.2, 0.25) is 5.69 Å². The maximum atomic E-state index is 11.7. The van der Waals surface area contributed by atoms with Gasteiger partial charge in [-0.3, -0.25) is 0 Å². The number of fused-ring (bicyclic) bond motifs is 2. The summed E-state index contributed by atoms with van der Waals surface area (Å²) < 4.78 is 72.5. The van der Waals surface area contributed by atoms with Gasteiger partial charge in [0.15, 0.2) is 5.71 Å². The van der Waals surface area contributed by atoms with Gasteiger partial charge in [0, 0.05) is 46.1 Å². The molecule has 2 aliphatic heterocycles. The molecule has 0 saturated heterocycles. The number of nitrogens with zero attached hydrogens (tertiary/aromatic N) is 2. The van der Waals surface area contributed by atoms with Crippen LogP contribution < -0.4 is 4.90 Å². The summed E-state index contributed by atoms with van der Waals surface area (Å²) >= 11 is 7.01. The number of benzene rings is 2. The lowest BCUT2D eigenvalue weighted by molar-refractivity contribution is -0.433. The molecule has 2 aromatic rings. The second-order valence-electron chi connectivity index (χ2n) is 12.7. The van der Waals surface area contributed by atoms with Crippen molar-refractivity contribution in [2.45, 2.75) is 81.4 Å². The largest absolute Gasteiger partial charge is 0.744 e. The van der Waals surface area contributed by atoms with E-state index in [2.05, 4.69) is 9.48 Å². The lowest BCUT2D eigenvalue weighted by Gasteiger charge is -2.26. The Balaban J connectivity index is 1.50. The van der Waals surface area contributed by atoms with Gasteiger partial charge >= 0.3 is 0 Å². The lowest BCUT2D eigenvalue weighted by atomic mass is 9.81. The van der Waals surface area contributed by atoms with Gasteiger partial charge in [0.1, 0.15) is 26.8 Å². The molecule has 0 saturated carbocycles. The van der Waals surface area contributed by atoms with Crippen LogP contribution in [0.4, 0.5) is 11.4 Å². The fraction of sp³-hybridized carbons (Fsp3) is 0.382. The molecule has 0 N–H and O–H groups in total. The van der Waals surface area contributed by atoms with E-state index in [1.54, 1.807) is 12.1 Å². The Bertz CT molecular complexity index is 1970.